The van der Waals surface area contributed by atoms with Gasteiger partial charge in [0.2, 0.25) is 0 Å². The van der Waals surface area contributed by atoms with Crippen molar-refractivity contribution in [2.24, 2.45) is 0 Å². The second-order valence-corrected chi connectivity index (χ2v) is 5.24. The van der Waals surface area contributed by atoms with Crippen LogP contribution in [0, 0.1) is 0 Å². The van der Waals surface area contributed by atoms with Gasteiger partial charge in [0.25, 0.3) is 0 Å². The van der Waals surface area contributed by atoms with E-state index in [9.17, 15) is 0 Å². The molecule has 1 atom stereocenters. The average molecular weight is 199 g/mol. The Labute approximate surface area is 88.6 Å². The average Bonchev–Trinajstić information content (AvgIpc) is 2.14. The molecule has 1 saturated heterocycles. The minimum atomic E-state index is 0.294. The maximum absolute atomic E-state index is 5.56. The fraction of sp³-hybridized carbons (Fsp3) is 1.00. The van der Waals surface area contributed by atoms with Crippen LogP contribution >= 0.6 is 0 Å². The SMILES string of the molecule is CCCCC1COCCN1C(C)(C)C. The molecular formula is C12H25NO. The predicted molar refractivity (Wildman–Crippen MR) is 60.6 cm³/mol. The lowest BCUT2D eigenvalue weighted by molar-refractivity contribution is -0.0521. The third kappa shape index (κ3) is 3.25. The van der Waals surface area contributed by atoms with Gasteiger partial charge >= 0.3 is 0 Å². The highest BCUT2D eigenvalue weighted by Crippen LogP contribution is 2.22. The van der Waals surface area contributed by atoms with Crippen LogP contribution in [-0.2, 0) is 4.74 Å². The van der Waals surface area contributed by atoms with Crippen molar-refractivity contribution in [2.45, 2.75) is 58.5 Å². The largest absolute Gasteiger partial charge is 0.378 e. The van der Waals surface area contributed by atoms with Crippen molar-refractivity contribution in [3.63, 3.8) is 0 Å². The summed E-state index contributed by atoms with van der Waals surface area (Å²) in [5.74, 6) is 0. The summed E-state index contributed by atoms with van der Waals surface area (Å²) in [6.45, 7) is 12.1. The maximum Gasteiger partial charge on any atom is 0.0622 e. The van der Waals surface area contributed by atoms with Gasteiger partial charge in [0.15, 0.2) is 0 Å². The van der Waals surface area contributed by atoms with E-state index in [1.165, 1.54) is 19.3 Å². The van der Waals surface area contributed by atoms with Crippen molar-refractivity contribution >= 4 is 0 Å². The standard InChI is InChI=1S/C12H25NO/c1-5-6-7-11-10-14-9-8-13(11)12(2,3)4/h11H,5-10H2,1-4H3. The highest BCUT2D eigenvalue weighted by molar-refractivity contribution is 4.85. The van der Waals surface area contributed by atoms with Crippen LogP contribution in [0.25, 0.3) is 0 Å². The fourth-order valence-corrected chi connectivity index (χ4v) is 2.22. The number of hydrogen-bond donors (Lipinski definition) is 0. The monoisotopic (exact) mass is 199 g/mol. The van der Waals surface area contributed by atoms with Crippen molar-refractivity contribution in [3.05, 3.63) is 0 Å². The number of morpholine rings is 1. The molecule has 1 aliphatic rings. The molecule has 0 spiro atoms. The molecule has 2 nitrogen and oxygen atoms in total. The van der Waals surface area contributed by atoms with E-state index in [2.05, 4.69) is 32.6 Å². The molecule has 0 N–H and O–H groups in total. The quantitative estimate of drug-likeness (QED) is 0.693. The van der Waals surface area contributed by atoms with Crippen LogP contribution in [0.1, 0.15) is 47.0 Å². The molecule has 0 aromatic carbocycles. The molecule has 1 rings (SSSR count). The van der Waals surface area contributed by atoms with Crippen LogP contribution in [0.2, 0.25) is 0 Å². The molecule has 1 heterocycles. The number of unbranched alkanes of at least 4 members (excludes halogenated alkanes) is 1. The maximum atomic E-state index is 5.56. The minimum absolute atomic E-state index is 0.294. The minimum Gasteiger partial charge on any atom is -0.378 e. The van der Waals surface area contributed by atoms with E-state index in [4.69, 9.17) is 4.74 Å². The zero-order valence-corrected chi connectivity index (χ0v) is 10.2. The first-order chi connectivity index (χ1) is 6.55. The Morgan fingerprint density at radius 2 is 2.07 bits per heavy atom. The normalized spacial score (nSPS) is 25.3. The van der Waals surface area contributed by atoms with Gasteiger partial charge in [-0.2, -0.15) is 0 Å². The van der Waals surface area contributed by atoms with Gasteiger partial charge in [-0.3, -0.25) is 4.90 Å². The second kappa shape index (κ2) is 5.13. The van der Waals surface area contributed by atoms with Crippen LogP contribution in [0.4, 0.5) is 0 Å². The highest BCUT2D eigenvalue weighted by atomic mass is 16.5. The molecule has 0 amide bonds. The molecule has 0 saturated carbocycles. The first-order valence-corrected chi connectivity index (χ1v) is 5.90. The number of ether oxygens (including phenoxy) is 1. The van der Waals surface area contributed by atoms with Crippen molar-refractivity contribution in [1.82, 2.24) is 4.90 Å². The van der Waals surface area contributed by atoms with Crippen LogP contribution in [0.15, 0.2) is 0 Å². The zero-order valence-electron chi connectivity index (χ0n) is 10.2. The van der Waals surface area contributed by atoms with Gasteiger partial charge in [0.1, 0.15) is 0 Å². The Morgan fingerprint density at radius 3 is 2.64 bits per heavy atom. The Balaban J connectivity index is 2.50. The molecule has 0 aliphatic carbocycles. The van der Waals surface area contributed by atoms with E-state index in [1.807, 2.05) is 0 Å². The molecule has 14 heavy (non-hydrogen) atoms. The van der Waals surface area contributed by atoms with E-state index < -0.39 is 0 Å². The summed E-state index contributed by atoms with van der Waals surface area (Å²) in [4.78, 5) is 2.60. The fourth-order valence-electron chi connectivity index (χ4n) is 2.22. The lowest BCUT2D eigenvalue weighted by Gasteiger charge is -2.44. The zero-order chi connectivity index (χ0) is 10.6. The van der Waals surface area contributed by atoms with E-state index in [0.717, 1.165) is 19.8 Å². The Bertz CT molecular complexity index is 162. The Hall–Kier alpha value is -0.0800. The molecule has 2 heteroatoms. The van der Waals surface area contributed by atoms with E-state index in [-0.39, 0.29) is 0 Å². The molecule has 0 aromatic rings. The summed E-state index contributed by atoms with van der Waals surface area (Å²) in [6.07, 6.45) is 3.89. The molecule has 1 fully saturated rings. The molecular weight excluding hydrogens is 174 g/mol. The molecule has 1 aliphatic heterocycles. The van der Waals surface area contributed by atoms with Gasteiger partial charge in [-0.25, -0.2) is 0 Å². The van der Waals surface area contributed by atoms with Crippen LogP contribution in [0.3, 0.4) is 0 Å². The second-order valence-electron chi connectivity index (χ2n) is 5.24. The number of rotatable bonds is 3. The number of nitrogens with zero attached hydrogens (tertiary/aromatic N) is 1. The summed E-state index contributed by atoms with van der Waals surface area (Å²) in [5, 5.41) is 0. The molecule has 0 bridgehead atoms. The lowest BCUT2D eigenvalue weighted by atomic mass is 9.99. The molecule has 0 aromatic heterocycles. The van der Waals surface area contributed by atoms with E-state index in [0.29, 0.717) is 11.6 Å². The third-order valence-electron chi connectivity index (χ3n) is 2.98. The first kappa shape index (κ1) is 12.0. The Kier molecular flexibility index (Phi) is 4.39. The van der Waals surface area contributed by atoms with Crippen molar-refractivity contribution < 1.29 is 4.74 Å². The summed E-state index contributed by atoms with van der Waals surface area (Å²) < 4.78 is 5.56. The number of hydrogen-bond acceptors (Lipinski definition) is 2. The van der Waals surface area contributed by atoms with Crippen LogP contribution in [-0.4, -0.2) is 36.2 Å². The lowest BCUT2D eigenvalue weighted by Crippen LogP contribution is -2.54. The third-order valence-corrected chi connectivity index (χ3v) is 2.98. The van der Waals surface area contributed by atoms with Gasteiger partial charge in [-0.15, -0.1) is 0 Å². The van der Waals surface area contributed by atoms with Crippen molar-refractivity contribution in [3.8, 4) is 0 Å². The van der Waals surface area contributed by atoms with Crippen LogP contribution in [0.5, 0.6) is 0 Å². The van der Waals surface area contributed by atoms with Crippen molar-refractivity contribution in [2.75, 3.05) is 19.8 Å². The van der Waals surface area contributed by atoms with Gasteiger partial charge in [-0.1, -0.05) is 19.8 Å². The Morgan fingerprint density at radius 1 is 1.36 bits per heavy atom. The van der Waals surface area contributed by atoms with Gasteiger partial charge in [-0.05, 0) is 27.2 Å². The van der Waals surface area contributed by atoms with Gasteiger partial charge < -0.3 is 4.74 Å². The van der Waals surface area contributed by atoms with E-state index in [1.54, 1.807) is 0 Å². The highest BCUT2D eigenvalue weighted by Gasteiger charge is 2.30. The van der Waals surface area contributed by atoms with Crippen LogP contribution < -0.4 is 0 Å². The molecule has 1 unspecified atom stereocenters. The van der Waals surface area contributed by atoms with Gasteiger partial charge in [0, 0.05) is 18.1 Å². The first-order valence-electron chi connectivity index (χ1n) is 5.90. The summed E-state index contributed by atoms with van der Waals surface area (Å²) in [5.41, 5.74) is 0.294. The summed E-state index contributed by atoms with van der Waals surface area (Å²) in [7, 11) is 0. The molecule has 84 valence electrons. The predicted octanol–water partition coefficient (Wildman–Crippen LogP) is 2.68. The molecule has 0 radical (unpaired) electrons. The van der Waals surface area contributed by atoms with E-state index >= 15 is 0 Å². The smallest absolute Gasteiger partial charge is 0.0622 e. The summed E-state index contributed by atoms with van der Waals surface area (Å²) >= 11 is 0. The van der Waals surface area contributed by atoms with Crippen molar-refractivity contribution in [1.29, 1.82) is 0 Å². The van der Waals surface area contributed by atoms with Gasteiger partial charge in [0.05, 0.1) is 13.2 Å². The topological polar surface area (TPSA) is 12.5 Å². The summed E-state index contributed by atoms with van der Waals surface area (Å²) in [6, 6.07) is 0.642.